The number of benzene rings is 2. The van der Waals surface area contributed by atoms with Crippen LogP contribution in [0.15, 0.2) is 59.0 Å². The average molecular weight is 384 g/mol. The lowest BCUT2D eigenvalue weighted by Crippen LogP contribution is -2.19. The Bertz CT molecular complexity index is 924. The summed E-state index contributed by atoms with van der Waals surface area (Å²) in [6.07, 6.45) is 1.66. The fraction of sp³-hybridized carbons (Fsp3) is 0.105. The van der Waals surface area contributed by atoms with Gasteiger partial charge in [-0.2, -0.15) is 5.10 Å². The van der Waals surface area contributed by atoms with Gasteiger partial charge in [-0.1, -0.05) is 12.1 Å². The molecule has 0 spiro atoms. The van der Waals surface area contributed by atoms with Crippen molar-refractivity contribution in [1.82, 2.24) is 10.4 Å². The molecule has 2 aromatic carbocycles. The summed E-state index contributed by atoms with van der Waals surface area (Å²) < 4.78 is 18.5. The number of nitrogens with one attached hydrogen (secondary N) is 1. The van der Waals surface area contributed by atoms with Crippen molar-refractivity contribution in [3.8, 4) is 5.75 Å². The second kappa shape index (κ2) is 8.91. The molecular formula is C19H17FN4O2S. The van der Waals surface area contributed by atoms with Crippen LogP contribution in [0.3, 0.4) is 0 Å². The van der Waals surface area contributed by atoms with Gasteiger partial charge in [-0.3, -0.25) is 4.79 Å². The molecule has 3 N–H and O–H groups in total. The maximum Gasteiger partial charge on any atom is 0.246 e. The molecule has 0 radical (unpaired) electrons. The van der Waals surface area contributed by atoms with Crippen LogP contribution in [0.25, 0.3) is 0 Å². The van der Waals surface area contributed by atoms with Crippen molar-refractivity contribution in [2.75, 3.05) is 5.73 Å². The Labute approximate surface area is 159 Å². The summed E-state index contributed by atoms with van der Waals surface area (Å²) in [5.41, 5.74) is 10.3. The van der Waals surface area contributed by atoms with Gasteiger partial charge < -0.3 is 10.5 Å². The molecule has 0 saturated heterocycles. The summed E-state index contributed by atoms with van der Waals surface area (Å²) in [5, 5.41) is 6.09. The average Bonchev–Trinajstić information content (AvgIpc) is 3.07. The number of nitrogen functional groups attached to an aromatic ring is 1. The lowest BCUT2D eigenvalue weighted by molar-refractivity contribution is -0.120. The summed E-state index contributed by atoms with van der Waals surface area (Å²) in [5.74, 6) is 0.141. The molecule has 0 unspecified atom stereocenters. The van der Waals surface area contributed by atoms with E-state index in [-0.39, 0.29) is 18.1 Å². The topological polar surface area (TPSA) is 89.6 Å². The van der Waals surface area contributed by atoms with Gasteiger partial charge in [0.05, 0.1) is 18.3 Å². The minimum absolute atomic E-state index is 0.126. The van der Waals surface area contributed by atoms with Gasteiger partial charge in [0.25, 0.3) is 0 Å². The van der Waals surface area contributed by atoms with E-state index >= 15 is 0 Å². The Hall–Kier alpha value is -3.26. The summed E-state index contributed by atoms with van der Waals surface area (Å²) in [4.78, 5) is 15.8. The molecule has 0 aliphatic carbocycles. The Kier molecular flexibility index (Phi) is 6.11. The maximum atomic E-state index is 12.9. The highest BCUT2D eigenvalue weighted by molar-refractivity contribution is 7.13. The smallest absolute Gasteiger partial charge is 0.246 e. The predicted octanol–water partition coefficient (Wildman–Crippen LogP) is 3.14. The lowest BCUT2D eigenvalue weighted by atomic mass is 10.2. The molecule has 1 heterocycles. The molecular weight excluding hydrogens is 367 g/mol. The van der Waals surface area contributed by atoms with Gasteiger partial charge in [0, 0.05) is 5.38 Å². The second-order valence-electron chi connectivity index (χ2n) is 5.63. The molecule has 6 nitrogen and oxygen atoms in total. The van der Waals surface area contributed by atoms with Gasteiger partial charge in [0.1, 0.15) is 18.2 Å². The van der Waals surface area contributed by atoms with Crippen LogP contribution in [-0.2, 0) is 17.8 Å². The van der Waals surface area contributed by atoms with Crippen molar-refractivity contribution in [2.24, 2.45) is 5.10 Å². The molecule has 0 saturated carbocycles. The molecule has 0 aliphatic heterocycles. The third kappa shape index (κ3) is 5.89. The number of carbonyl (C=O) groups excluding carboxylic acids is 1. The lowest BCUT2D eigenvalue weighted by Gasteiger charge is -2.06. The van der Waals surface area contributed by atoms with Crippen LogP contribution in [0, 0.1) is 5.82 Å². The van der Waals surface area contributed by atoms with Crippen molar-refractivity contribution in [2.45, 2.75) is 13.0 Å². The number of carbonyl (C=O) groups is 1. The van der Waals surface area contributed by atoms with Crippen LogP contribution in [0.4, 0.5) is 9.52 Å². The van der Waals surface area contributed by atoms with Crippen LogP contribution >= 0.6 is 11.3 Å². The number of hydrazone groups is 1. The van der Waals surface area contributed by atoms with Crippen molar-refractivity contribution in [3.05, 3.63) is 76.5 Å². The number of halogens is 1. The van der Waals surface area contributed by atoms with E-state index in [0.29, 0.717) is 23.2 Å². The van der Waals surface area contributed by atoms with E-state index in [1.54, 1.807) is 29.6 Å². The largest absolute Gasteiger partial charge is 0.489 e. The van der Waals surface area contributed by atoms with Gasteiger partial charge in [-0.25, -0.2) is 14.8 Å². The van der Waals surface area contributed by atoms with Crippen LogP contribution in [-0.4, -0.2) is 17.1 Å². The highest BCUT2D eigenvalue weighted by Crippen LogP contribution is 2.14. The summed E-state index contributed by atoms with van der Waals surface area (Å²) in [6.45, 7) is 0.352. The van der Waals surface area contributed by atoms with E-state index in [1.807, 2.05) is 12.1 Å². The van der Waals surface area contributed by atoms with E-state index in [4.69, 9.17) is 10.5 Å². The van der Waals surface area contributed by atoms with Gasteiger partial charge in [0.2, 0.25) is 5.91 Å². The highest BCUT2D eigenvalue weighted by atomic mass is 32.1. The number of nitrogens with two attached hydrogens (primary N) is 1. The number of aromatic nitrogens is 1. The second-order valence-corrected chi connectivity index (χ2v) is 6.52. The number of thiazole rings is 1. The molecule has 3 aromatic rings. The van der Waals surface area contributed by atoms with Crippen molar-refractivity contribution in [3.63, 3.8) is 0 Å². The molecule has 0 bridgehead atoms. The third-order valence-corrected chi connectivity index (χ3v) is 4.24. The zero-order chi connectivity index (χ0) is 19.1. The SMILES string of the molecule is Nc1nc(CC(=O)N/N=C/c2ccc(OCc3ccc(F)cc3)cc2)cs1. The van der Waals surface area contributed by atoms with Crippen LogP contribution in [0.5, 0.6) is 5.75 Å². The van der Waals surface area contributed by atoms with Crippen LogP contribution in [0.2, 0.25) is 0 Å². The van der Waals surface area contributed by atoms with E-state index in [2.05, 4.69) is 15.5 Å². The fourth-order valence-corrected chi connectivity index (χ4v) is 2.75. The highest BCUT2D eigenvalue weighted by Gasteiger charge is 2.05. The Morgan fingerprint density at radius 3 is 2.63 bits per heavy atom. The Balaban J connectivity index is 1.46. The van der Waals surface area contributed by atoms with Crippen LogP contribution in [0.1, 0.15) is 16.8 Å². The number of rotatable bonds is 7. The molecule has 1 amide bonds. The van der Waals surface area contributed by atoms with E-state index < -0.39 is 0 Å². The van der Waals surface area contributed by atoms with Crippen LogP contribution < -0.4 is 15.9 Å². The summed E-state index contributed by atoms with van der Waals surface area (Å²) in [6, 6.07) is 13.4. The molecule has 138 valence electrons. The number of hydrogen-bond donors (Lipinski definition) is 2. The number of amides is 1. The van der Waals surface area contributed by atoms with E-state index in [1.165, 1.54) is 29.7 Å². The fourth-order valence-electron chi connectivity index (χ4n) is 2.18. The van der Waals surface area contributed by atoms with Gasteiger partial charge >= 0.3 is 0 Å². The monoisotopic (exact) mass is 384 g/mol. The normalized spacial score (nSPS) is 10.9. The number of hydrogen-bond acceptors (Lipinski definition) is 6. The first-order valence-electron chi connectivity index (χ1n) is 8.07. The molecule has 8 heteroatoms. The van der Waals surface area contributed by atoms with Gasteiger partial charge in [-0.05, 0) is 47.5 Å². The summed E-state index contributed by atoms with van der Waals surface area (Å²) >= 11 is 1.29. The summed E-state index contributed by atoms with van der Waals surface area (Å²) in [7, 11) is 0. The van der Waals surface area contributed by atoms with Gasteiger partial charge in [0.15, 0.2) is 5.13 Å². The van der Waals surface area contributed by atoms with Gasteiger partial charge in [-0.15, -0.1) is 11.3 Å². The molecule has 0 atom stereocenters. The minimum Gasteiger partial charge on any atom is -0.489 e. The number of ether oxygens (including phenoxy) is 1. The van der Waals surface area contributed by atoms with Crippen molar-refractivity contribution in [1.29, 1.82) is 0 Å². The zero-order valence-electron chi connectivity index (χ0n) is 14.3. The van der Waals surface area contributed by atoms with E-state index in [0.717, 1.165) is 11.1 Å². The third-order valence-electron chi connectivity index (χ3n) is 3.51. The zero-order valence-corrected chi connectivity index (χ0v) is 15.1. The molecule has 0 fully saturated rings. The standard InChI is InChI=1S/C19H17FN4O2S/c20-15-5-1-14(2-6-15)11-26-17-7-3-13(4-8-17)10-22-24-18(25)9-16-12-27-19(21)23-16/h1-8,10,12H,9,11H2,(H2,21,23)(H,24,25)/b22-10+. The Morgan fingerprint density at radius 2 is 1.96 bits per heavy atom. The van der Waals surface area contributed by atoms with Crippen molar-refractivity contribution < 1.29 is 13.9 Å². The first kappa shape index (κ1) is 18.5. The minimum atomic E-state index is -0.273. The molecule has 0 aliphatic rings. The number of nitrogens with zero attached hydrogens (tertiary/aromatic N) is 2. The number of anilines is 1. The molecule has 1 aromatic heterocycles. The van der Waals surface area contributed by atoms with E-state index in [9.17, 15) is 9.18 Å². The first-order chi connectivity index (χ1) is 13.1. The van der Waals surface area contributed by atoms with Crippen molar-refractivity contribution >= 4 is 28.6 Å². The Morgan fingerprint density at radius 1 is 1.22 bits per heavy atom. The molecule has 3 rings (SSSR count). The quantitative estimate of drug-likeness (QED) is 0.484. The molecule has 27 heavy (non-hydrogen) atoms. The first-order valence-corrected chi connectivity index (χ1v) is 8.95. The predicted molar refractivity (Wildman–Crippen MR) is 103 cm³/mol. The maximum absolute atomic E-state index is 12.9.